The number of pyridine rings is 1. The zero-order valence-electron chi connectivity index (χ0n) is 12.0. The van der Waals surface area contributed by atoms with Crippen LogP contribution in [0.5, 0.6) is 0 Å². The maximum absolute atomic E-state index is 12.9. The van der Waals surface area contributed by atoms with Crippen molar-refractivity contribution in [1.82, 2.24) is 9.29 Å². The highest BCUT2D eigenvalue weighted by atomic mass is 32.2. The van der Waals surface area contributed by atoms with Crippen LogP contribution in [0.2, 0.25) is 0 Å². The molecule has 0 aliphatic heterocycles. The minimum Gasteiger partial charge on any atom is -0.240 e. The van der Waals surface area contributed by atoms with Gasteiger partial charge in [0, 0.05) is 18.8 Å². The van der Waals surface area contributed by atoms with Crippen molar-refractivity contribution in [3.63, 3.8) is 0 Å². The van der Waals surface area contributed by atoms with Crippen LogP contribution < -0.4 is 0 Å². The fourth-order valence-corrected chi connectivity index (χ4v) is 3.39. The van der Waals surface area contributed by atoms with Crippen LogP contribution in [0.4, 0.5) is 4.39 Å². The lowest BCUT2D eigenvalue weighted by Gasteiger charge is -2.20. The van der Waals surface area contributed by atoms with Gasteiger partial charge in [0.15, 0.2) is 5.03 Å². The Hall–Kier alpha value is -1.79. The molecule has 0 fully saturated rings. The lowest BCUT2D eigenvalue weighted by Crippen LogP contribution is -2.31. The molecule has 0 saturated heterocycles. The smallest absolute Gasteiger partial charge is 0.240 e. The van der Waals surface area contributed by atoms with Crippen molar-refractivity contribution >= 4 is 10.0 Å². The normalized spacial score (nSPS) is 11.8. The summed E-state index contributed by atoms with van der Waals surface area (Å²) in [4.78, 5) is 4.08. The first kappa shape index (κ1) is 15.6. The number of hydrogen-bond acceptors (Lipinski definition) is 3. The van der Waals surface area contributed by atoms with Gasteiger partial charge in [-0.25, -0.2) is 17.8 Å². The summed E-state index contributed by atoms with van der Waals surface area (Å²) < 4.78 is 39.4. The standard InChI is InChI=1S/C15H17FN2O2S/c1-3-18(11-13-7-9-14(16)10-8-13)21(19,20)15-6-4-5-12(2)17-15/h4-10H,3,11H2,1-2H3. The van der Waals surface area contributed by atoms with Crippen LogP contribution in [0.3, 0.4) is 0 Å². The first-order chi connectivity index (χ1) is 9.93. The molecule has 0 bridgehead atoms. The summed E-state index contributed by atoms with van der Waals surface area (Å²) in [5.74, 6) is -0.343. The number of nitrogens with zero attached hydrogens (tertiary/aromatic N) is 2. The highest BCUT2D eigenvalue weighted by molar-refractivity contribution is 7.89. The number of rotatable bonds is 5. The van der Waals surface area contributed by atoms with Gasteiger partial charge in [0.25, 0.3) is 10.0 Å². The number of benzene rings is 1. The fourth-order valence-electron chi connectivity index (χ4n) is 1.95. The molecule has 0 radical (unpaired) electrons. The Morgan fingerprint density at radius 1 is 1.14 bits per heavy atom. The quantitative estimate of drug-likeness (QED) is 0.853. The fraction of sp³-hybridized carbons (Fsp3) is 0.267. The van der Waals surface area contributed by atoms with Gasteiger partial charge in [-0.05, 0) is 36.8 Å². The molecule has 0 aliphatic rings. The lowest BCUT2D eigenvalue weighted by atomic mass is 10.2. The third-order valence-electron chi connectivity index (χ3n) is 3.09. The van der Waals surface area contributed by atoms with E-state index < -0.39 is 10.0 Å². The van der Waals surface area contributed by atoms with E-state index in [4.69, 9.17) is 0 Å². The van der Waals surface area contributed by atoms with Gasteiger partial charge >= 0.3 is 0 Å². The average molecular weight is 308 g/mol. The van der Waals surface area contributed by atoms with Crippen molar-refractivity contribution in [3.8, 4) is 0 Å². The molecular formula is C15H17FN2O2S. The lowest BCUT2D eigenvalue weighted by molar-refractivity contribution is 0.421. The monoisotopic (exact) mass is 308 g/mol. The number of sulfonamides is 1. The maximum Gasteiger partial charge on any atom is 0.260 e. The molecule has 2 rings (SSSR count). The Labute approximate surface area is 124 Å². The van der Waals surface area contributed by atoms with Crippen LogP contribution in [0.25, 0.3) is 0 Å². The zero-order chi connectivity index (χ0) is 15.5. The molecule has 1 heterocycles. The number of hydrogen-bond donors (Lipinski definition) is 0. The Morgan fingerprint density at radius 2 is 1.81 bits per heavy atom. The number of aromatic nitrogens is 1. The second-order valence-corrected chi connectivity index (χ2v) is 6.56. The summed E-state index contributed by atoms with van der Waals surface area (Å²) in [7, 11) is -3.65. The molecule has 0 spiro atoms. The molecule has 4 nitrogen and oxygen atoms in total. The van der Waals surface area contributed by atoms with E-state index in [9.17, 15) is 12.8 Å². The van der Waals surface area contributed by atoms with Crippen molar-refractivity contribution < 1.29 is 12.8 Å². The summed E-state index contributed by atoms with van der Waals surface area (Å²) in [5.41, 5.74) is 1.38. The van der Waals surface area contributed by atoms with E-state index in [0.717, 1.165) is 5.56 Å². The molecule has 0 saturated carbocycles. The largest absolute Gasteiger partial charge is 0.260 e. The van der Waals surface area contributed by atoms with Gasteiger partial charge < -0.3 is 0 Å². The van der Waals surface area contributed by atoms with Crippen molar-refractivity contribution in [2.45, 2.75) is 25.4 Å². The van der Waals surface area contributed by atoms with E-state index in [1.165, 1.54) is 22.5 Å². The first-order valence-corrected chi connectivity index (χ1v) is 8.05. The Balaban J connectivity index is 2.29. The number of aryl methyl sites for hydroxylation is 1. The molecule has 0 aliphatic carbocycles. The molecular weight excluding hydrogens is 291 g/mol. The van der Waals surface area contributed by atoms with Crippen molar-refractivity contribution in [2.24, 2.45) is 0 Å². The minimum atomic E-state index is -3.65. The first-order valence-electron chi connectivity index (χ1n) is 6.61. The van der Waals surface area contributed by atoms with E-state index in [0.29, 0.717) is 12.2 Å². The van der Waals surface area contributed by atoms with Gasteiger partial charge in [-0.2, -0.15) is 4.31 Å². The van der Waals surface area contributed by atoms with Gasteiger partial charge in [0.2, 0.25) is 0 Å². The second kappa shape index (κ2) is 6.32. The Kier molecular flexibility index (Phi) is 4.69. The molecule has 2 aromatic rings. The van der Waals surface area contributed by atoms with Crippen LogP contribution in [-0.2, 0) is 16.6 Å². The summed E-state index contributed by atoms with van der Waals surface area (Å²) in [6.45, 7) is 4.01. The molecule has 0 atom stereocenters. The van der Waals surface area contributed by atoms with Crippen molar-refractivity contribution in [3.05, 3.63) is 59.5 Å². The predicted molar refractivity (Wildman–Crippen MR) is 78.6 cm³/mol. The summed E-state index contributed by atoms with van der Waals surface area (Å²) >= 11 is 0. The van der Waals surface area contributed by atoms with Crippen molar-refractivity contribution in [2.75, 3.05) is 6.54 Å². The molecule has 21 heavy (non-hydrogen) atoms. The predicted octanol–water partition coefficient (Wildman–Crippen LogP) is 2.74. The Bertz CT molecular complexity index is 715. The van der Waals surface area contributed by atoms with Gasteiger partial charge in [0.05, 0.1) is 0 Å². The van der Waals surface area contributed by atoms with Crippen LogP contribution in [-0.4, -0.2) is 24.3 Å². The molecule has 112 valence electrons. The van der Waals surface area contributed by atoms with E-state index >= 15 is 0 Å². The van der Waals surface area contributed by atoms with Crippen LogP contribution in [0, 0.1) is 12.7 Å². The van der Waals surface area contributed by atoms with Gasteiger partial charge in [0.1, 0.15) is 5.82 Å². The molecule has 1 aromatic carbocycles. The number of halogens is 1. The maximum atomic E-state index is 12.9. The molecule has 0 N–H and O–H groups in total. The zero-order valence-corrected chi connectivity index (χ0v) is 12.8. The molecule has 1 aromatic heterocycles. The summed E-state index contributed by atoms with van der Waals surface area (Å²) in [5, 5.41) is 0.0338. The van der Waals surface area contributed by atoms with Crippen LogP contribution >= 0.6 is 0 Å². The van der Waals surface area contributed by atoms with Gasteiger partial charge in [-0.1, -0.05) is 25.1 Å². The van der Waals surface area contributed by atoms with E-state index in [1.807, 2.05) is 0 Å². The average Bonchev–Trinajstić information content (AvgIpc) is 2.46. The summed E-state index contributed by atoms with van der Waals surface area (Å²) in [6.07, 6.45) is 0. The van der Waals surface area contributed by atoms with Gasteiger partial charge in [-0.3, -0.25) is 0 Å². The van der Waals surface area contributed by atoms with Gasteiger partial charge in [-0.15, -0.1) is 0 Å². The SMILES string of the molecule is CCN(Cc1ccc(F)cc1)S(=O)(=O)c1cccc(C)n1. The second-order valence-electron chi connectivity index (χ2n) is 4.67. The third-order valence-corrected chi connectivity index (χ3v) is 4.91. The van der Waals surface area contributed by atoms with E-state index in [2.05, 4.69) is 4.98 Å². The topological polar surface area (TPSA) is 50.3 Å². The molecule has 6 heteroatoms. The highest BCUT2D eigenvalue weighted by Crippen LogP contribution is 2.17. The highest BCUT2D eigenvalue weighted by Gasteiger charge is 2.24. The van der Waals surface area contributed by atoms with Crippen LogP contribution in [0.15, 0.2) is 47.5 Å². The molecule has 0 unspecified atom stereocenters. The van der Waals surface area contributed by atoms with E-state index in [-0.39, 0.29) is 17.4 Å². The van der Waals surface area contributed by atoms with Crippen molar-refractivity contribution in [1.29, 1.82) is 0 Å². The molecule has 0 amide bonds. The Morgan fingerprint density at radius 3 is 2.38 bits per heavy atom. The summed E-state index contributed by atoms with van der Waals surface area (Å²) in [6, 6.07) is 10.7. The third kappa shape index (κ3) is 3.65. The van der Waals surface area contributed by atoms with E-state index in [1.54, 1.807) is 38.1 Å². The minimum absolute atomic E-state index is 0.0338. The van der Waals surface area contributed by atoms with Crippen LogP contribution in [0.1, 0.15) is 18.2 Å².